The molecule has 202 valence electrons. The van der Waals surface area contributed by atoms with Crippen LogP contribution in [-0.4, -0.2) is 47.7 Å². The minimum atomic E-state index is -0.0126. The number of rotatable bonds is 6. The molecule has 1 aliphatic heterocycles. The van der Waals surface area contributed by atoms with E-state index in [0.717, 1.165) is 71.6 Å². The first-order valence-corrected chi connectivity index (χ1v) is 13.9. The Morgan fingerprint density at radius 3 is 2.22 bits per heavy atom. The predicted molar refractivity (Wildman–Crippen MR) is 160 cm³/mol. The zero-order valence-corrected chi connectivity index (χ0v) is 22.5. The standard InChI is InChI=1S/C33H29N7O/c41-33-35-28-8-4-5-9-29(28)40(33)27-16-20-39(21-17-27)22-23-10-12-25(13-11-23)30-31(24-6-2-1-3-7-24)37-38-32(36-30)26-14-18-34-19-15-26/h1-15,18-19,27H,16-17,20-22H2,(H,35,41). The molecule has 1 N–H and O–H groups in total. The molecule has 1 saturated heterocycles. The summed E-state index contributed by atoms with van der Waals surface area (Å²) in [7, 11) is 0. The third-order valence-electron chi connectivity index (χ3n) is 7.85. The van der Waals surface area contributed by atoms with E-state index in [9.17, 15) is 4.79 Å². The van der Waals surface area contributed by atoms with Crippen molar-refractivity contribution in [2.75, 3.05) is 13.1 Å². The number of fused-ring (bicyclic) bond motifs is 1. The number of hydrogen-bond donors (Lipinski definition) is 1. The smallest absolute Gasteiger partial charge is 0.306 e. The van der Waals surface area contributed by atoms with Gasteiger partial charge in [0.25, 0.3) is 0 Å². The topological polar surface area (TPSA) is 92.6 Å². The van der Waals surface area contributed by atoms with Crippen LogP contribution >= 0.6 is 0 Å². The Kier molecular flexibility index (Phi) is 6.66. The molecule has 0 unspecified atom stereocenters. The second-order valence-electron chi connectivity index (χ2n) is 10.5. The Hall–Kier alpha value is -4.95. The summed E-state index contributed by atoms with van der Waals surface area (Å²) in [5.41, 5.74) is 7.54. The first-order chi connectivity index (χ1) is 20.2. The number of nitrogens with zero attached hydrogens (tertiary/aromatic N) is 6. The summed E-state index contributed by atoms with van der Waals surface area (Å²) in [6.45, 7) is 2.76. The monoisotopic (exact) mass is 539 g/mol. The predicted octanol–water partition coefficient (Wildman–Crippen LogP) is 5.75. The summed E-state index contributed by atoms with van der Waals surface area (Å²) in [5.74, 6) is 0.573. The van der Waals surface area contributed by atoms with E-state index in [-0.39, 0.29) is 11.7 Å². The van der Waals surface area contributed by atoms with Crippen molar-refractivity contribution < 1.29 is 0 Å². The Labute approximate surface area is 237 Å². The summed E-state index contributed by atoms with van der Waals surface area (Å²) < 4.78 is 1.95. The SMILES string of the molecule is O=c1[nH]c2ccccc2n1C1CCN(Cc2ccc(-c3nc(-c4ccncc4)nnc3-c3ccccc3)cc2)CC1. The fourth-order valence-corrected chi connectivity index (χ4v) is 5.74. The zero-order chi connectivity index (χ0) is 27.6. The van der Waals surface area contributed by atoms with E-state index in [2.05, 4.69) is 49.3 Å². The van der Waals surface area contributed by atoms with E-state index in [1.165, 1.54) is 5.56 Å². The number of para-hydroxylation sites is 2. The fraction of sp³-hybridized carbons (Fsp3) is 0.182. The maximum atomic E-state index is 12.7. The number of aromatic amines is 1. The van der Waals surface area contributed by atoms with Gasteiger partial charge in [-0.05, 0) is 42.7 Å². The van der Waals surface area contributed by atoms with Gasteiger partial charge in [0.2, 0.25) is 0 Å². The summed E-state index contributed by atoms with van der Waals surface area (Å²) in [6, 6.07) is 30.6. The average molecular weight is 540 g/mol. The molecule has 7 rings (SSSR count). The lowest BCUT2D eigenvalue weighted by atomic mass is 10.0. The quantitative estimate of drug-likeness (QED) is 0.290. The van der Waals surface area contributed by atoms with Crippen molar-refractivity contribution in [1.29, 1.82) is 0 Å². The highest BCUT2D eigenvalue weighted by molar-refractivity contribution is 5.79. The number of H-pyrrole nitrogens is 1. The molecule has 1 aliphatic rings. The number of aromatic nitrogens is 6. The van der Waals surface area contributed by atoms with Crippen LogP contribution in [0.25, 0.3) is 44.9 Å². The maximum absolute atomic E-state index is 12.7. The van der Waals surface area contributed by atoms with Crippen molar-refractivity contribution in [1.82, 2.24) is 34.6 Å². The molecule has 3 aromatic carbocycles. The third kappa shape index (κ3) is 5.05. The van der Waals surface area contributed by atoms with E-state index >= 15 is 0 Å². The highest BCUT2D eigenvalue weighted by atomic mass is 16.1. The Balaban J connectivity index is 1.10. The lowest BCUT2D eigenvalue weighted by Gasteiger charge is -2.32. The van der Waals surface area contributed by atoms with E-state index < -0.39 is 0 Å². The molecule has 1 fully saturated rings. The number of hydrogen-bond acceptors (Lipinski definition) is 6. The van der Waals surface area contributed by atoms with E-state index in [1.807, 2.05) is 71.3 Å². The van der Waals surface area contributed by atoms with Crippen molar-refractivity contribution in [3.05, 3.63) is 119 Å². The maximum Gasteiger partial charge on any atom is 0.326 e. The van der Waals surface area contributed by atoms with E-state index in [4.69, 9.17) is 4.98 Å². The van der Waals surface area contributed by atoms with Crippen LogP contribution in [0.15, 0.2) is 108 Å². The molecule has 6 aromatic rings. The molecule has 0 atom stereocenters. The minimum Gasteiger partial charge on any atom is -0.306 e. The Bertz CT molecular complexity index is 1840. The van der Waals surface area contributed by atoms with Crippen LogP contribution in [0.2, 0.25) is 0 Å². The molecule has 0 amide bonds. The lowest BCUT2D eigenvalue weighted by molar-refractivity contribution is 0.180. The van der Waals surface area contributed by atoms with Gasteiger partial charge in [-0.25, -0.2) is 9.78 Å². The number of likely N-dealkylation sites (tertiary alicyclic amines) is 1. The van der Waals surface area contributed by atoms with Crippen LogP contribution in [0.5, 0.6) is 0 Å². The van der Waals surface area contributed by atoms with Gasteiger partial charge < -0.3 is 4.98 Å². The number of piperidine rings is 1. The molecule has 0 radical (unpaired) electrons. The summed E-state index contributed by atoms with van der Waals surface area (Å²) in [6.07, 6.45) is 5.37. The van der Waals surface area contributed by atoms with Crippen molar-refractivity contribution >= 4 is 11.0 Å². The van der Waals surface area contributed by atoms with Gasteiger partial charge >= 0.3 is 5.69 Å². The van der Waals surface area contributed by atoms with Crippen molar-refractivity contribution in [3.63, 3.8) is 0 Å². The van der Waals surface area contributed by atoms with Crippen LogP contribution in [0.4, 0.5) is 0 Å². The molecule has 4 heterocycles. The van der Waals surface area contributed by atoms with Crippen LogP contribution in [0.1, 0.15) is 24.4 Å². The molecule has 0 bridgehead atoms. The van der Waals surface area contributed by atoms with Gasteiger partial charge in [0.1, 0.15) is 11.4 Å². The number of imidazole rings is 1. The van der Waals surface area contributed by atoms with Gasteiger partial charge in [0.15, 0.2) is 5.82 Å². The van der Waals surface area contributed by atoms with Crippen molar-refractivity contribution in [3.8, 4) is 33.9 Å². The summed E-state index contributed by atoms with van der Waals surface area (Å²) in [4.78, 5) is 27.2. The normalized spacial score (nSPS) is 14.4. The molecular formula is C33H29N7O. The van der Waals surface area contributed by atoms with Crippen molar-refractivity contribution in [2.45, 2.75) is 25.4 Å². The molecule has 8 nitrogen and oxygen atoms in total. The second-order valence-corrected chi connectivity index (χ2v) is 10.5. The van der Waals surface area contributed by atoms with Gasteiger partial charge in [-0.1, -0.05) is 66.7 Å². The second kappa shape index (κ2) is 10.9. The van der Waals surface area contributed by atoms with Gasteiger partial charge in [0.05, 0.1) is 11.0 Å². The first kappa shape index (κ1) is 25.0. The van der Waals surface area contributed by atoms with Crippen LogP contribution in [0.3, 0.4) is 0 Å². The molecule has 41 heavy (non-hydrogen) atoms. The van der Waals surface area contributed by atoms with E-state index in [1.54, 1.807) is 12.4 Å². The van der Waals surface area contributed by atoms with Crippen molar-refractivity contribution in [2.24, 2.45) is 0 Å². The van der Waals surface area contributed by atoms with Gasteiger partial charge in [-0.3, -0.25) is 14.5 Å². The zero-order valence-electron chi connectivity index (χ0n) is 22.5. The van der Waals surface area contributed by atoms with E-state index in [0.29, 0.717) is 5.82 Å². The van der Waals surface area contributed by atoms with Gasteiger partial charge in [-0.15, -0.1) is 10.2 Å². The van der Waals surface area contributed by atoms with Crippen LogP contribution < -0.4 is 5.69 Å². The average Bonchev–Trinajstić information content (AvgIpc) is 3.38. The molecule has 8 heteroatoms. The number of nitrogens with one attached hydrogen (secondary N) is 1. The number of pyridine rings is 1. The molecule has 3 aromatic heterocycles. The Morgan fingerprint density at radius 2 is 1.44 bits per heavy atom. The number of benzene rings is 3. The Morgan fingerprint density at radius 1 is 0.732 bits per heavy atom. The third-order valence-corrected chi connectivity index (χ3v) is 7.85. The fourth-order valence-electron chi connectivity index (χ4n) is 5.74. The van der Waals surface area contributed by atoms with Gasteiger partial charge in [0, 0.05) is 54.8 Å². The molecule has 0 aliphatic carbocycles. The van der Waals surface area contributed by atoms with Crippen LogP contribution in [-0.2, 0) is 6.54 Å². The minimum absolute atomic E-state index is 0.0126. The lowest BCUT2D eigenvalue weighted by Crippen LogP contribution is -2.36. The summed E-state index contributed by atoms with van der Waals surface area (Å²) in [5, 5.41) is 9.04. The first-order valence-electron chi connectivity index (χ1n) is 13.9. The van der Waals surface area contributed by atoms with Gasteiger partial charge in [-0.2, -0.15) is 0 Å². The van der Waals surface area contributed by atoms with Crippen LogP contribution in [0, 0.1) is 0 Å². The molecule has 0 saturated carbocycles. The highest BCUT2D eigenvalue weighted by Crippen LogP contribution is 2.31. The molecular weight excluding hydrogens is 510 g/mol. The molecule has 0 spiro atoms. The largest absolute Gasteiger partial charge is 0.326 e. The highest BCUT2D eigenvalue weighted by Gasteiger charge is 2.23. The summed E-state index contributed by atoms with van der Waals surface area (Å²) >= 11 is 0.